The maximum absolute atomic E-state index is 3.71. The molecule has 0 spiro atoms. The van der Waals surface area contributed by atoms with Crippen LogP contribution in [-0.2, 0) is 0 Å². The second-order valence-electron chi connectivity index (χ2n) is 9.09. The standard InChI is InChI=1S/C18H36N2/c1-17(2,3)15-7-6-11-20(12-10-15)14-18(4,5)13-19-16-8-9-16/h15-16,19H,6-14H2,1-5H3. The van der Waals surface area contributed by atoms with Crippen LogP contribution in [0.1, 0.15) is 66.7 Å². The van der Waals surface area contributed by atoms with Gasteiger partial charge in [0.15, 0.2) is 0 Å². The average molecular weight is 280 g/mol. The molecule has 0 radical (unpaired) electrons. The Morgan fingerprint density at radius 3 is 2.25 bits per heavy atom. The maximum atomic E-state index is 3.71. The predicted octanol–water partition coefficient (Wildman–Crippen LogP) is 3.91. The minimum Gasteiger partial charge on any atom is -0.313 e. The summed E-state index contributed by atoms with van der Waals surface area (Å²) < 4.78 is 0. The summed E-state index contributed by atoms with van der Waals surface area (Å²) in [4.78, 5) is 2.72. The smallest absolute Gasteiger partial charge is 0.00684 e. The zero-order chi connectivity index (χ0) is 14.8. The number of likely N-dealkylation sites (tertiary alicyclic amines) is 1. The quantitative estimate of drug-likeness (QED) is 0.821. The van der Waals surface area contributed by atoms with E-state index in [4.69, 9.17) is 0 Å². The van der Waals surface area contributed by atoms with Gasteiger partial charge in [0.1, 0.15) is 0 Å². The van der Waals surface area contributed by atoms with Crippen LogP contribution in [-0.4, -0.2) is 37.1 Å². The summed E-state index contributed by atoms with van der Waals surface area (Å²) >= 11 is 0. The van der Waals surface area contributed by atoms with Crippen molar-refractivity contribution in [3.8, 4) is 0 Å². The van der Waals surface area contributed by atoms with Gasteiger partial charge in [-0.3, -0.25) is 0 Å². The molecule has 1 saturated carbocycles. The third-order valence-electron chi connectivity index (χ3n) is 5.14. The van der Waals surface area contributed by atoms with Crippen molar-refractivity contribution in [3.63, 3.8) is 0 Å². The van der Waals surface area contributed by atoms with Gasteiger partial charge < -0.3 is 10.2 Å². The van der Waals surface area contributed by atoms with Crippen molar-refractivity contribution in [2.24, 2.45) is 16.7 Å². The zero-order valence-corrected chi connectivity index (χ0v) is 14.5. The molecule has 1 aliphatic carbocycles. The van der Waals surface area contributed by atoms with Gasteiger partial charge in [-0.15, -0.1) is 0 Å². The van der Waals surface area contributed by atoms with Gasteiger partial charge in [0.05, 0.1) is 0 Å². The van der Waals surface area contributed by atoms with Gasteiger partial charge in [-0.25, -0.2) is 0 Å². The summed E-state index contributed by atoms with van der Waals surface area (Å²) in [5.74, 6) is 0.903. The van der Waals surface area contributed by atoms with Gasteiger partial charge in [0, 0.05) is 19.1 Å². The van der Waals surface area contributed by atoms with Crippen LogP contribution in [0.5, 0.6) is 0 Å². The summed E-state index contributed by atoms with van der Waals surface area (Å²) in [7, 11) is 0. The molecule has 0 bridgehead atoms. The lowest BCUT2D eigenvalue weighted by molar-refractivity contribution is 0.167. The lowest BCUT2D eigenvalue weighted by Gasteiger charge is -2.33. The van der Waals surface area contributed by atoms with Gasteiger partial charge >= 0.3 is 0 Å². The molecule has 2 fully saturated rings. The molecule has 2 rings (SSSR count). The van der Waals surface area contributed by atoms with Crippen molar-refractivity contribution in [1.29, 1.82) is 0 Å². The van der Waals surface area contributed by atoms with Gasteiger partial charge in [0.25, 0.3) is 0 Å². The summed E-state index contributed by atoms with van der Waals surface area (Å²) in [5, 5.41) is 3.71. The van der Waals surface area contributed by atoms with Crippen molar-refractivity contribution in [2.45, 2.75) is 72.8 Å². The van der Waals surface area contributed by atoms with E-state index in [9.17, 15) is 0 Å². The minimum atomic E-state index is 0.407. The Morgan fingerprint density at radius 2 is 1.65 bits per heavy atom. The van der Waals surface area contributed by atoms with Gasteiger partial charge in [-0.2, -0.15) is 0 Å². The molecule has 20 heavy (non-hydrogen) atoms. The molecule has 1 saturated heterocycles. The van der Waals surface area contributed by atoms with Crippen LogP contribution >= 0.6 is 0 Å². The highest BCUT2D eigenvalue weighted by atomic mass is 15.1. The van der Waals surface area contributed by atoms with Crippen molar-refractivity contribution in [3.05, 3.63) is 0 Å². The highest BCUT2D eigenvalue weighted by Crippen LogP contribution is 2.34. The molecule has 0 aromatic rings. The molecule has 118 valence electrons. The van der Waals surface area contributed by atoms with E-state index in [0.717, 1.165) is 12.0 Å². The predicted molar refractivity (Wildman–Crippen MR) is 88.0 cm³/mol. The third-order valence-corrected chi connectivity index (χ3v) is 5.14. The monoisotopic (exact) mass is 280 g/mol. The summed E-state index contributed by atoms with van der Waals surface area (Å²) in [6.07, 6.45) is 6.98. The van der Waals surface area contributed by atoms with E-state index in [1.54, 1.807) is 0 Å². The molecular weight excluding hydrogens is 244 g/mol. The minimum absolute atomic E-state index is 0.407. The molecule has 2 aliphatic rings. The lowest BCUT2D eigenvalue weighted by atomic mass is 9.77. The Labute approximate surface area is 126 Å². The second-order valence-corrected chi connectivity index (χ2v) is 9.09. The summed E-state index contributed by atoms with van der Waals surface area (Å²) in [5.41, 5.74) is 0.892. The van der Waals surface area contributed by atoms with Gasteiger partial charge in [-0.1, -0.05) is 34.6 Å². The summed E-state index contributed by atoms with van der Waals surface area (Å²) in [6, 6.07) is 0.837. The van der Waals surface area contributed by atoms with E-state index in [0.29, 0.717) is 10.8 Å². The van der Waals surface area contributed by atoms with Crippen molar-refractivity contribution < 1.29 is 0 Å². The Hall–Kier alpha value is -0.0800. The number of hydrogen-bond acceptors (Lipinski definition) is 2. The summed E-state index contributed by atoms with van der Waals surface area (Å²) in [6.45, 7) is 17.1. The SMILES string of the molecule is CC(C)(CNC1CC1)CN1CCCC(C(C)(C)C)CC1. The van der Waals surface area contributed by atoms with Crippen molar-refractivity contribution in [2.75, 3.05) is 26.2 Å². The van der Waals surface area contributed by atoms with E-state index in [-0.39, 0.29) is 0 Å². The van der Waals surface area contributed by atoms with Gasteiger partial charge in [-0.05, 0) is 61.9 Å². The number of nitrogens with zero attached hydrogens (tertiary/aromatic N) is 1. The number of nitrogens with one attached hydrogen (secondary N) is 1. The molecule has 2 nitrogen and oxygen atoms in total. The van der Waals surface area contributed by atoms with Crippen LogP contribution in [0.2, 0.25) is 0 Å². The Kier molecular flexibility index (Phi) is 5.18. The van der Waals surface area contributed by atoms with Crippen molar-refractivity contribution in [1.82, 2.24) is 10.2 Å². The fourth-order valence-electron chi connectivity index (χ4n) is 3.55. The molecule has 1 atom stereocenters. The highest BCUT2D eigenvalue weighted by Gasteiger charge is 2.30. The molecule has 0 aromatic carbocycles. The number of hydrogen-bond donors (Lipinski definition) is 1. The van der Waals surface area contributed by atoms with Crippen LogP contribution in [0.25, 0.3) is 0 Å². The largest absolute Gasteiger partial charge is 0.313 e. The fourth-order valence-corrected chi connectivity index (χ4v) is 3.55. The molecule has 2 heteroatoms. The van der Waals surface area contributed by atoms with E-state index in [2.05, 4.69) is 44.8 Å². The first-order valence-electron chi connectivity index (χ1n) is 8.72. The first kappa shape index (κ1) is 16.3. The normalized spacial score (nSPS) is 26.6. The van der Waals surface area contributed by atoms with Crippen LogP contribution in [0, 0.1) is 16.7 Å². The second kappa shape index (κ2) is 6.36. The van der Waals surface area contributed by atoms with E-state index < -0.39 is 0 Å². The molecular formula is C18H36N2. The van der Waals surface area contributed by atoms with Crippen LogP contribution in [0.3, 0.4) is 0 Å². The zero-order valence-electron chi connectivity index (χ0n) is 14.5. The number of rotatable bonds is 5. The Bertz CT molecular complexity index is 299. The van der Waals surface area contributed by atoms with Crippen LogP contribution in [0.4, 0.5) is 0 Å². The molecule has 1 unspecified atom stereocenters. The fraction of sp³-hybridized carbons (Fsp3) is 1.00. The average Bonchev–Trinajstić information content (AvgIpc) is 3.12. The molecule has 1 aliphatic heterocycles. The van der Waals surface area contributed by atoms with Crippen LogP contribution < -0.4 is 5.32 Å². The van der Waals surface area contributed by atoms with E-state index in [1.807, 2.05) is 0 Å². The highest BCUT2D eigenvalue weighted by molar-refractivity contribution is 4.86. The topological polar surface area (TPSA) is 15.3 Å². The molecule has 0 aromatic heterocycles. The lowest BCUT2D eigenvalue weighted by Crippen LogP contribution is -2.41. The Balaban J connectivity index is 1.77. The van der Waals surface area contributed by atoms with Crippen LogP contribution in [0.15, 0.2) is 0 Å². The third kappa shape index (κ3) is 5.37. The van der Waals surface area contributed by atoms with Crippen molar-refractivity contribution >= 4 is 0 Å². The Morgan fingerprint density at radius 1 is 0.950 bits per heavy atom. The first-order valence-corrected chi connectivity index (χ1v) is 8.72. The van der Waals surface area contributed by atoms with E-state index in [1.165, 1.54) is 58.3 Å². The van der Waals surface area contributed by atoms with Gasteiger partial charge in [0.2, 0.25) is 0 Å². The molecule has 1 N–H and O–H groups in total. The molecule has 0 amide bonds. The van der Waals surface area contributed by atoms with E-state index >= 15 is 0 Å². The first-order chi connectivity index (χ1) is 9.26. The maximum Gasteiger partial charge on any atom is 0.00684 e. The molecule has 1 heterocycles.